The molecular formula is C19H30N4O2. The van der Waals surface area contributed by atoms with Crippen LogP contribution in [-0.4, -0.2) is 57.9 Å². The third-order valence-corrected chi connectivity index (χ3v) is 6.59. The first-order valence-corrected chi connectivity index (χ1v) is 9.57. The van der Waals surface area contributed by atoms with E-state index in [2.05, 4.69) is 22.0 Å². The van der Waals surface area contributed by atoms with E-state index in [-0.39, 0.29) is 23.5 Å². The number of hydrogen-bond acceptors (Lipinski definition) is 4. The lowest BCUT2D eigenvalue weighted by molar-refractivity contribution is -0.0654. The fraction of sp³-hybridized carbons (Fsp3) is 0.737. The number of allylic oxidation sites excluding steroid dienone is 1. The van der Waals surface area contributed by atoms with Gasteiger partial charge in [-0.25, -0.2) is 9.69 Å². The Morgan fingerprint density at radius 3 is 2.76 bits per heavy atom. The standard InChI is InChI=1S/C19H30N4O2/c1-14-4-3-5-15-9-19(8-14,10-15)21(2)18(25)23-12-22(13-23)17-7-6-16(24)11-20-17/h6-7,11,14-15,17,20,24H,3-5,8-10,12-13H2,1-2H3. The Morgan fingerprint density at radius 2 is 2.08 bits per heavy atom. The lowest BCUT2D eigenvalue weighted by atomic mass is 9.60. The molecule has 2 atom stereocenters. The molecule has 5 aliphatic rings. The maximum absolute atomic E-state index is 13.0. The van der Waals surface area contributed by atoms with Gasteiger partial charge in [-0.05, 0) is 43.3 Å². The van der Waals surface area contributed by atoms with Gasteiger partial charge >= 0.3 is 6.03 Å². The molecule has 2 N–H and O–H groups in total. The largest absolute Gasteiger partial charge is 0.506 e. The Kier molecular flexibility index (Phi) is 4.18. The van der Waals surface area contributed by atoms with Crippen molar-refractivity contribution in [1.29, 1.82) is 0 Å². The van der Waals surface area contributed by atoms with Gasteiger partial charge in [0.05, 0.1) is 13.3 Å². The minimum Gasteiger partial charge on any atom is -0.506 e. The van der Waals surface area contributed by atoms with E-state index >= 15 is 0 Å². The molecule has 5 rings (SSSR count). The van der Waals surface area contributed by atoms with Gasteiger partial charge in [-0.2, -0.15) is 0 Å². The zero-order valence-corrected chi connectivity index (χ0v) is 15.3. The molecule has 6 nitrogen and oxygen atoms in total. The number of hydrogen-bond donors (Lipinski definition) is 2. The summed E-state index contributed by atoms with van der Waals surface area (Å²) in [5.41, 5.74) is 0.0968. The van der Waals surface area contributed by atoms with Crippen molar-refractivity contribution in [2.45, 2.75) is 57.2 Å². The molecule has 0 aromatic carbocycles. The van der Waals surface area contributed by atoms with Crippen LogP contribution in [0.3, 0.4) is 0 Å². The molecule has 3 saturated carbocycles. The number of carbonyl (C=O) groups excluding carboxylic acids is 1. The van der Waals surface area contributed by atoms with Crippen LogP contribution in [0.1, 0.15) is 45.4 Å². The monoisotopic (exact) mass is 346 g/mol. The number of urea groups is 1. The highest BCUT2D eigenvalue weighted by molar-refractivity contribution is 5.76. The third-order valence-electron chi connectivity index (χ3n) is 6.59. The summed E-state index contributed by atoms with van der Waals surface area (Å²) in [6, 6.07) is 0.167. The molecule has 0 aromatic heterocycles. The Morgan fingerprint density at radius 1 is 1.32 bits per heavy atom. The number of aliphatic hydroxyl groups excluding tert-OH is 1. The zero-order valence-electron chi connectivity index (χ0n) is 15.3. The number of nitrogens with zero attached hydrogens (tertiary/aromatic N) is 3. The summed E-state index contributed by atoms with van der Waals surface area (Å²) >= 11 is 0. The molecule has 2 bridgehead atoms. The van der Waals surface area contributed by atoms with Crippen LogP contribution in [0.5, 0.6) is 0 Å². The summed E-state index contributed by atoms with van der Waals surface area (Å²) in [6.45, 7) is 3.61. The van der Waals surface area contributed by atoms with Crippen molar-refractivity contribution in [3.8, 4) is 0 Å². The first-order chi connectivity index (χ1) is 12.0. The van der Waals surface area contributed by atoms with Crippen molar-refractivity contribution in [3.05, 3.63) is 24.1 Å². The van der Waals surface area contributed by atoms with E-state index in [0.717, 1.165) is 12.3 Å². The van der Waals surface area contributed by atoms with Crippen LogP contribution in [-0.2, 0) is 0 Å². The molecule has 2 unspecified atom stereocenters. The van der Waals surface area contributed by atoms with Gasteiger partial charge in [0, 0.05) is 18.8 Å². The number of dihydropyridines is 1. The Hall–Kier alpha value is -1.69. The van der Waals surface area contributed by atoms with Gasteiger partial charge in [0.1, 0.15) is 11.9 Å². The Balaban J connectivity index is 1.33. The van der Waals surface area contributed by atoms with Gasteiger partial charge in [0.2, 0.25) is 0 Å². The predicted molar refractivity (Wildman–Crippen MR) is 96.4 cm³/mol. The number of rotatable bonds is 2. The van der Waals surface area contributed by atoms with Crippen LogP contribution >= 0.6 is 0 Å². The van der Waals surface area contributed by atoms with Gasteiger partial charge in [-0.3, -0.25) is 4.90 Å². The summed E-state index contributed by atoms with van der Waals surface area (Å²) in [7, 11) is 2.01. The number of aliphatic hydroxyl groups is 1. The highest BCUT2D eigenvalue weighted by Crippen LogP contribution is 2.50. The molecule has 0 spiro atoms. The van der Waals surface area contributed by atoms with Crippen LogP contribution in [0.25, 0.3) is 0 Å². The molecule has 0 radical (unpaired) electrons. The molecular weight excluding hydrogens is 316 g/mol. The highest BCUT2D eigenvalue weighted by Gasteiger charge is 2.51. The minimum absolute atomic E-state index is 0.0536. The summed E-state index contributed by atoms with van der Waals surface area (Å²) in [5.74, 6) is 1.77. The third kappa shape index (κ3) is 3.01. The van der Waals surface area contributed by atoms with Crippen LogP contribution in [0.15, 0.2) is 24.1 Å². The van der Waals surface area contributed by atoms with Gasteiger partial charge in [0.15, 0.2) is 0 Å². The van der Waals surface area contributed by atoms with E-state index in [1.54, 1.807) is 12.3 Å². The second-order valence-corrected chi connectivity index (χ2v) is 8.53. The average Bonchev–Trinajstić information content (AvgIpc) is 2.48. The van der Waals surface area contributed by atoms with Gasteiger partial charge in [0.25, 0.3) is 0 Å². The zero-order chi connectivity index (χ0) is 17.6. The second kappa shape index (κ2) is 6.24. The number of carbonyl (C=O) groups is 1. The molecule has 138 valence electrons. The topological polar surface area (TPSA) is 59.1 Å². The summed E-state index contributed by atoms with van der Waals surface area (Å²) in [4.78, 5) is 19.1. The van der Waals surface area contributed by atoms with Gasteiger partial charge in [-0.1, -0.05) is 26.2 Å². The Labute approximate surface area is 150 Å². The van der Waals surface area contributed by atoms with Crippen molar-refractivity contribution in [3.63, 3.8) is 0 Å². The predicted octanol–water partition coefficient (Wildman–Crippen LogP) is 2.81. The quantitative estimate of drug-likeness (QED) is 0.807. The van der Waals surface area contributed by atoms with E-state index in [9.17, 15) is 9.90 Å². The SMILES string of the molecule is CC1CCCC2CC(N(C)C(=O)N3CN(C4C=CC(O)=CN4)C3)(C1)C2. The maximum Gasteiger partial charge on any atom is 0.322 e. The Bertz CT molecular complexity index is 590. The van der Waals surface area contributed by atoms with Crippen molar-refractivity contribution < 1.29 is 9.90 Å². The first-order valence-electron chi connectivity index (χ1n) is 9.57. The molecule has 1 saturated heterocycles. The van der Waals surface area contributed by atoms with E-state index < -0.39 is 0 Å². The van der Waals surface area contributed by atoms with E-state index in [0.29, 0.717) is 19.3 Å². The minimum atomic E-state index is 0.0536. The fourth-order valence-corrected chi connectivity index (χ4v) is 5.10. The number of amides is 2. The maximum atomic E-state index is 13.0. The molecule has 0 aromatic rings. The number of nitrogens with one attached hydrogen (secondary N) is 1. The summed E-state index contributed by atoms with van der Waals surface area (Å²) in [5, 5.41) is 12.5. The lowest BCUT2D eigenvalue weighted by Gasteiger charge is -2.57. The van der Waals surface area contributed by atoms with Gasteiger partial charge in [-0.15, -0.1) is 0 Å². The van der Waals surface area contributed by atoms with Crippen LogP contribution < -0.4 is 5.32 Å². The van der Waals surface area contributed by atoms with Crippen molar-refractivity contribution in [1.82, 2.24) is 20.0 Å². The average molecular weight is 346 g/mol. The van der Waals surface area contributed by atoms with Crippen LogP contribution in [0, 0.1) is 11.8 Å². The molecule has 2 amide bonds. The smallest absolute Gasteiger partial charge is 0.322 e. The molecule has 2 aliphatic heterocycles. The van der Waals surface area contributed by atoms with E-state index in [1.165, 1.54) is 32.1 Å². The molecule has 2 heterocycles. The second-order valence-electron chi connectivity index (χ2n) is 8.53. The highest BCUT2D eigenvalue weighted by atomic mass is 16.3. The fourth-order valence-electron chi connectivity index (χ4n) is 5.10. The molecule has 3 aliphatic carbocycles. The molecule has 6 heteroatoms. The van der Waals surface area contributed by atoms with Crippen LogP contribution in [0.2, 0.25) is 0 Å². The molecule has 4 fully saturated rings. The van der Waals surface area contributed by atoms with E-state index in [4.69, 9.17) is 0 Å². The molecule has 25 heavy (non-hydrogen) atoms. The van der Waals surface area contributed by atoms with E-state index in [1.807, 2.05) is 18.0 Å². The van der Waals surface area contributed by atoms with Crippen molar-refractivity contribution in [2.75, 3.05) is 20.4 Å². The van der Waals surface area contributed by atoms with Crippen LogP contribution in [0.4, 0.5) is 4.79 Å². The summed E-state index contributed by atoms with van der Waals surface area (Å²) in [6.07, 6.45) is 12.8. The lowest BCUT2D eigenvalue weighted by Crippen LogP contribution is -2.68. The van der Waals surface area contributed by atoms with Gasteiger partial charge < -0.3 is 15.3 Å². The van der Waals surface area contributed by atoms with Crippen molar-refractivity contribution in [2.24, 2.45) is 11.8 Å². The van der Waals surface area contributed by atoms with Crippen molar-refractivity contribution >= 4 is 6.03 Å². The normalized spacial score (nSPS) is 37.8. The summed E-state index contributed by atoms with van der Waals surface area (Å²) < 4.78 is 0. The first kappa shape index (κ1) is 16.8. The number of fused-ring (bicyclic) bond motifs is 4.